The minimum atomic E-state index is -0.570. The van der Waals surface area contributed by atoms with Crippen molar-refractivity contribution in [1.82, 2.24) is 29.4 Å². The summed E-state index contributed by atoms with van der Waals surface area (Å²) in [4.78, 5) is 33.8. The summed E-state index contributed by atoms with van der Waals surface area (Å²) in [6.07, 6.45) is 4.68. The standard InChI is InChI=1S/C37H41FN6O4/c1-23-19-39-31-18-28(38)26(16-32(31)40-23)22-47-35-7-5-6-29(42-35)24-10-13-43(14-11-24)21-34-41-30-9-8-25(36(45)48-37(2,3)4)17-33(30)44(34)20-27-12-15-46-27/h5-9,16-19,24,27H,10-15,20-22H2,1-4H3. The minimum Gasteiger partial charge on any atom is -0.473 e. The maximum atomic E-state index is 14.8. The number of carbonyl (C=O) groups excluding carboxylic acids is 1. The van der Waals surface area contributed by atoms with Gasteiger partial charge in [-0.05, 0) is 90.4 Å². The molecule has 1 unspecified atom stereocenters. The number of aromatic nitrogens is 5. The molecule has 1 atom stereocenters. The fraction of sp³-hybridized carbons (Fsp3) is 0.432. The second-order valence-electron chi connectivity index (χ2n) is 13.8. The van der Waals surface area contributed by atoms with Gasteiger partial charge in [0.2, 0.25) is 5.88 Å². The van der Waals surface area contributed by atoms with Gasteiger partial charge in [0.1, 0.15) is 23.8 Å². The van der Waals surface area contributed by atoms with Crippen molar-refractivity contribution in [3.05, 3.63) is 88.9 Å². The second kappa shape index (κ2) is 13.2. The van der Waals surface area contributed by atoms with E-state index in [9.17, 15) is 9.18 Å². The van der Waals surface area contributed by atoms with Gasteiger partial charge in [0.15, 0.2) is 0 Å². The average Bonchev–Trinajstić information content (AvgIpc) is 3.37. The van der Waals surface area contributed by atoms with Crippen molar-refractivity contribution in [2.45, 2.75) is 84.3 Å². The Kier molecular flexibility index (Phi) is 8.82. The molecule has 0 radical (unpaired) electrons. The molecule has 2 fully saturated rings. The summed E-state index contributed by atoms with van der Waals surface area (Å²) in [6.45, 7) is 11.5. The first-order valence-electron chi connectivity index (χ1n) is 16.7. The van der Waals surface area contributed by atoms with E-state index in [1.165, 1.54) is 6.07 Å². The first-order valence-corrected chi connectivity index (χ1v) is 16.7. The zero-order valence-corrected chi connectivity index (χ0v) is 27.9. The largest absolute Gasteiger partial charge is 0.473 e. The molecule has 2 aliphatic rings. The van der Waals surface area contributed by atoms with E-state index in [-0.39, 0.29) is 24.5 Å². The van der Waals surface area contributed by atoms with Crippen molar-refractivity contribution in [3.63, 3.8) is 0 Å². The van der Waals surface area contributed by atoms with Crippen LogP contribution in [0, 0.1) is 12.7 Å². The summed E-state index contributed by atoms with van der Waals surface area (Å²) in [5.41, 5.74) is 5.07. The van der Waals surface area contributed by atoms with E-state index in [1.807, 2.05) is 58.0 Å². The Balaban J connectivity index is 1.01. The number of hydrogen-bond acceptors (Lipinski definition) is 9. The first kappa shape index (κ1) is 32.1. The topological polar surface area (TPSA) is 104 Å². The molecule has 2 saturated heterocycles. The van der Waals surface area contributed by atoms with Gasteiger partial charge < -0.3 is 18.8 Å². The number of imidazole rings is 1. The molecule has 0 saturated carbocycles. The number of esters is 1. The van der Waals surface area contributed by atoms with Crippen LogP contribution in [0.25, 0.3) is 22.1 Å². The highest BCUT2D eigenvalue weighted by molar-refractivity contribution is 5.94. The number of halogens is 1. The Hall–Kier alpha value is -4.48. The lowest BCUT2D eigenvalue weighted by molar-refractivity contribution is -0.0592. The summed E-state index contributed by atoms with van der Waals surface area (Å²) >= 11 is 0. The fourth-order valence-electron chi connectivity index (χ4n) is 6.35. The van der Waals surface area contributed by atoms with E-state index >= 15 is 0 Å². The Morgan fingerprint density at radius 3 is 2.56 bits per heavy atom. The number of benzene rings is 2. The molecule has 7 rings (SSSR count). The maximum Gasteiger partial charge on any atom is 0.338 e. The van der Waals surface area contributed by atoms with Crippen LogP contribution >= 0.6 is 0 Å². The number of aryl methyl sites for hydroxylation is 1. The lowest BCUT2D eigenvalue weighted by Crippen LogP contribution is -2.35. The summed E-state index contributed by atoms with van der Waals surface area (Å²) < 4.78 is 34.3. The summed E-state index contributed by atoms with van der Waals surface area (Å²) in [5.74, 6) is 1.02. The number of likely N-dealkylation sites (tertiary alicyclic amines) is 1. The maximum absolute atomic E-state index is 14.8. The molecule has 3 aromatic heterocycles. The van der Waals surface area contributed by atoms with Crippen LogP contribution in [0.5, 0.6) is 5.88 Å². The van der Waals surface area contributed by atoms with E-state index < -0.39 is 5.60 Å². The van der Waals surface area contributed by atoms with Gasteiger partial charge in [-0.2, -0.15) is 0 Å². The van der Waals surface area contributed by atoms with Gasteiger partial charge in [-0.15, -0.1) is 0 Å². The zero-order valence-electron chi connectivity index (χ0n) is 27.9. The summed E-state index contributed by atoms with van der Waals surface area (Å²) in [5, 5.41) is 0. The van der Waals surface area contributed by atoms with Gasteiger partial charge >= 0.3 is 5.97 Å². The van der Waals surface area contributed by atoms with Gasteiger partial charge in [-0.25, -0.2) is 24.1 Å². The predicted molar refractivity (Wildman–Crippen MR) is 179 cm³/mol. The van der Waals surface area contributed by atoms with E-state index in [0.717, 1.165) is 67.2 Å². The van der Waals surface area contributed by atoms with Crippen LogP contribution in [0.2, 0.25) is 0 Å². The van der Waals surface area contributed by atoms with E-state index in [2.05, 4.69) is 19.4 Å². The molecule has 250 valence electrons. The molecular weight excluding hydrogens is 611 g/mol. The van der Waals surface area contributed by atoms with Crippen molar-refractivity contribution in [2.75, 3.05) is 19.7 Å². The van der Waals surface area contributed by atoms with Crippen LogP contribution in [0.4, 0.5) is 4.39 Å². The van der Waals surface area contributed by atoms with E-state index in [0.29, 0.717) is 47.0 Å². The smallest absolute Gasteiger partial charge is 0.338 e. The molecule has 5 aromatic rings. The predicted octanol–water partition coefficient (Wildman–Crippen LogP) is 6.52. The lowest BCUT2D eigenvalue weighted by Gasteiger charge is -2.32. The number of piperidine rings is 1. The number of pyridine rings is 1. The fourth-order valence-corrected chi connectivity index (χ4v) is 6.35. The first-order chi connectivity index (χ1) is 23.1. The third-order valence-corrected chi connectivity index (χ3v) is 8.96. The number of fused-ring (bicyclic) bond motifs is 2. The Morgan fingerprint density at radius 2 is 1.81 bits per heavy atom. The van der Waals surface area contributed by atoms with Crippen molar-refractivity contribution < 1.29 is 23.4 Å². The minimum absolute atomic E-state index is 0.0540. The summed E-state index contributed by atoms with van der Waals surface area (Å²) in [6, 6.07) is 14.5. The number of hydrogen-bond donors (Lipinski definition) is 0. The molecule has 11 heteroatoms. The van der Waals surface area contributed by atoms with Crippen LogP contribution in [0.3, 0.4) is 0 Å². The van der Waals surface area contributed by atoms with E-state index in [4.69, 9.17) is 24.2 Å². The van der Waals surface area contributed by atoms with Crippen LogP contribution in [0.15, 0.2) is 54.7 Å². The van der Waals surface area contributed by atoms with Crippen LogP contribution < -0.4 is 4.74 Å². The quantitative estimate of drug-likeness (QED) is 0.165. The number of nitrogens with zero attached hydrogens (tertiary/aromatic N) is 6. The van der Waals surface area contributed by atoms with Crippen LogP contribution in [-0.2, 0) is 29.2 Å². The highest BCUT2D eigenvalue weighted by Gasteiger charge is 2.27. The number of rotatable bonds is 9. The van der Waals surface area contributed by atoms with Gasteiger partial charge in [0, 0.05) is 42.1 Å². The molecule has 0 amide bonds. The van der Waals surface area contributed by atoms with Crippen molar-refractivity contribution >= 4 is 28.0 Å². The molecule has 5 heterocycles. The highest BCUT2D eigenvalue weighted by Crippen LogP contribution is 2.30. The molecule has 48 heavy (non-hydrogen) atoms. The van der Waals surface area contributed by atoms with Gasteiger partial charge in [0.25, 0.3) is 0 Å². The molecule has 0 N–H and O–H groups in total. The third kappa shape index (κ3) is 7.17. The highest BCUT2D eigenvalue weighted by atomic mass is 19.1. The van der Waals surface area contributed by atoms with Crippen LogP contribution in [-0.4, -0.2) is 66.8 Å². The SMILES string of the molecule is Cc1cnc2cc(F)c(COc3cccc(C4CCN(Cc5nc6ccc(C(=O)OC(C)(C)C)cc6n5CC5CCO5)CC4)n3)cc2n1. The lowest BCUT2D eigenvalue weighted by atomic mass is 9.93. The number of carbonyl (C=O) groups is 1. The Labute approximate surface area is 279 Å². The monoisotopic (exact) mass is 652 g/mol. The molecule has 0 bridgehead atoms. The molecular formula is C37H41FN6O4. The number of ether oxygens (including phenoxy) is 3. The second-order valence-corrected chi connectivity index (χ2v) is 13.8. The molecule has 2 aromatic carbocycles. The van der Waals surface area contributed by atoms with Crippen molar-refractivity contribution in [2.24, 2.45) is 0 Å². The molecule has 10 nitrogen and oxygen atoms in total. The van der Waals surface area contributed by atoms with Crippen molar-refractivity contribution in [1.29, 1.82) is 0 Å². The van der Waals surface area contributed by atoms with Crippen LogP contribution in [0.1, 0.15) is 79.1 Å². The average molecular weight is 653 g/mol. The van der Waals surface area contributed by atoms with Gasteiger partial charge in [-0.3, -0.25) is 9.88 Å². The Morgan fingerprint density at radius 1 is 1.00 bits per heavy atom. The Bertz CT molecular complexity index is 1960. The molecule has 0 spiro atoms. The molecule has 0 aliphatic carbocycles. The molecule has 2 aliphatic heterocycles. The normalized spacial score (nSPS) is 17.5. The van der Waals surface area contributed by atoms with E-state index in [1.54, 1.807) is 18.3 Å². The van der Waals surface area contributed by atoms with Gasteiger partial charge in [0.05, 0.1) is 52.5 Å². The third-order valence-electron chi connectivity index (χ3n) is 8.96. The summed E-state index contributed by atoms with van der Waals surface area (Å²) in [7, 11) is 0. The van der Waals surface area contributed by atoms with Gasteiger partial charge in [-0.1, -0.05) is 6.07 Å². The zero-order chi connectivity index (χ0) is 33.4. The van der Waals surface area contributed by atoms with Crippen molar-refractivity contribution in [3.8, 4) is 5.88 Å².